The number of amides is 2. The van der Waals surface area contributed by atoms with E-state index in [2.05, 4.69) is 34.6 Å². The van der Waals surface area contributed by atoms with Gasteiger partial charge in [-0.05, 0) is 0 Å². The van der Waals surface area contributed by atoms with E-state index in [1.165, 1.54) is 60.3 Å². The molecule has 1 aliphatic rings. The van der Waals surface area contributed by atoms with Crippen molar-refractivity contribution in [3.63, 3.8) is 0 Å². The van der Waals surface area contributed by atoms with Gasteiger partial charge in [-0.3, -0.25) is 0 Å². The first kappa shape index (κ1) is 27.5. The molecule has 174 valence electrons. The summed E-state index contributed by atoms with van der Waals surface area (Å²) in [6, 6.07) is -0.0984. The molecule has 4 nitrogen and oxygen atoms in total. The minimum atomic E-state index is -2.82. The third-order valence-corrected chi connectivity index (χ3v) is 22.5. The number of hydrogen-bond donors (Lipinski definition) is 0. The van der Waals surface area contributed by atoms with Gasteiger partial charge < -0.3 is 0 Å². The van der Waals surface area contributed by atoms with Gasteiger partial charge in [0.15, 0.2) is 0 Å². The molecule has 0 fully saturated rings. The minimum absolute atomic E-state index is 0.0984. The van der Waals surface area contributed by atoms with E-state index in [9.17, 15) is 9.59 Å². The van der Waals surface area contributed by atoms with Crippen molar-refractivity contribution in [2.45, 2.75) is 125 Å². The third-order valence-electron chi connectivity index (χ3n) is 6.53. The Hall–Kier alpha value is -0.521. The fourth-order valence-electron chi connectivity index (χ4n) is 4.68. The Morgan fingerprint density at radius 3 is 1.87 bits per heavy atom. The van der Waals surface area contributed by atoms with Gasteiger partial charge in [0, 0.05) is 0 Å². The molecule has 0 aromatic rings. The third kappa shape index (κ3) is 7.27. The molecule has 1 aliphatic heterocycles. The average molecular weight is 528 g/mol. The van der Waals surface area contributed by atoms with Crippen LogP contribution in [0, 0.1) is 5.92 Å². The zero-order valence-electron chi connectivity index (χ0n) is 21.0. The SMILES string of the molecule is CCC[CH2][Sn]([CH2]CCC)([CH2]CCC)[C]1=CC(=O)N(C(=O)OC(C)(C)C)[C@H]1C(C)CC. The topological polar surface area (TPSA) is 46.6 Å². The van der Waals surface area contributed by atoms with Gasteiger partial charge in [-0.1, -0.05) is 0 Å². The van der Waals surface area contributed by atoms with Crippen molar-refractivity contribution in [1.29, 1.82) is 0 Å². The summed E-state index contributed by atoms with van der Waals surface area (Å²) in [4.78, 5) is 27.8. The molecule has 5 heteroatoms. The number of nitrogens with zero attached hydrogens (tertiary/aromatic N) is 1. The Balaban J connectivity index is 3.45. The van der Waals surface area contributed by atoms with Gasteiger partial charge in [0.05, 0.1) is 0 Å². The first-order chi connectivity index (χ1) is 14.1. The first-order valence-corrected chi connectivity index (χ1v) is 19.8. The van der Waals surface area contributed by atoms with E-state index in [0.29, 0.717) is 0 Å². The van der Waals surface area contributed by atoms with E-state index in [1.54, 1.807) is 0 Å². The zero-order valence-corrected chi connectivity index (χ0v) is 23.8. The number of hydrogen-bond acceptors (Lipinski definition) is 3. The summed E-state index contributed by atoms with van der Waals surface area (Å²) in [6.45, 7) is 16.8. The van der Waals surface area contributed by atoms with E-state index in [1.807, 2.05) is 26.8 Å². The summed E-state index contributed by atoms with van der Waals surface area (Å²) in [7, 11) is 0. The van der Waals surface area contributed by atoms with E-state index >= 15 is 0 Å². The van der Waals surface area contributed by atoms with Crippen LogP contribution in [0.15, 0.2) is 9.67 Å². The fourth-order valence-corrected chi connectivity index (χ4v) is 22.3. The van der Waals surface area contributed by atoms with Crippen LogP contribution in [-0.2, 0) is 9.53 Å². The predicted molar refractivity (Wildman–Crippen MR) is 129 cm³/mol. The number of carbonyl (C=O) groups is 2. The molecule has 2 atom stereocenters. The number of rotatable bonds is 12. The molecule has 0 saturated carbocycles. The van der Waals surface area contributed by atoms with Gasteiger partial charge >= 0.3 is 190 Å². The van der Waals surface area contributed by atoms with Crippen molar-refractivity contribution >= 4 is 30.4 Å². The van der Waals surface area contributed by atoms with Crippen LogP contribution in [0.1, 0.15) is 100 Å². The molecule has 0 N–H and O–H groups in total. The molecule has 0 aliphatic carbocycles. The van der Waals surface area contributed by atoms with Crippen LogP contribution in [0.5, 0.6) is 0 Å². The van der Waals surface area contributed by atoms with Crippen LogP contribution in [0.2, 0.25) is 13.3 Å². The Bertz CT molecular complexity index is 572. The maximum absolute atomic E-state index is 13.2. The maximum atomic E-state index is 13.2. The Morgan fingerprint density at radius 1 is 1.03 bits per heavy atom. The van der Waals surface area contributed by atoms with Crippen LogP contribution in [-0.4, -0.2) is 46.9 Å². The number of imide groups is 1. The van der Waals surface area contributed by atoms with Gasteiger partial charge in [-0.15, -0.1) is 0 Å². The predicted octanol–water partition coefficient (Wildman–Crippen LogP) is 7.49. The van der Waals surface area contributed by atoms with E-state index in [-0.39, 0.29) is 17.9 Å². The van der Waals surface area contributed by atoms with Gasteiger partial charge in [0.2, 0.25) is 0 Å². The summed E-state index contributed by atoms with van der Waals surface area (Å²) in [5.41, 5.74) is -0.604. The van der Waals surface area contributed by atoms with Crippen LogP contribution < -0.4 is 0 Å². The van der Waals surface area contributed by atoms with Crippen LogP contribution in [0.4, 0.5) is 4.79 Å². The molecule has 0 radical (unpaired) electrons. The molecule has 1 unspecified atom stereocenters. The summed E-state index contributed by atoms with van der Waals surface area (Å²) < 4.78 is 11.0. The molecule has 0 aromatic carbocycles. The van der Waals surface area contributed by atoms with Crippen LogP contribution >= 0.6 is 0 Å². The van der Waals surface area contributed by atoms with E-state index < -0.39 is 30.1 Å². The molecule has 0 saturated heterocycles. The average Bonchev–Trinajstić information content (AvgIpc) is 3.03. The molecule has 0 bridgehead atoms. The second kappa shape index (κ2) is 12.5. The molecular weight excluding hydrogens is 481 g/mol. The van der Waals surface area contributed by atoms with Gasteiger partial charge in [-0.2, -0.15) is 0 Å². The normalized spacial score (nSPS) is 18.5. The molecule has 1 heterocycles. The number of carbonyl (C=O) groups excluding carboxylic acids is 2. The van der Waals surface area contributed by atoms with Gasteiger partial charge in [-0.25, -0.2) is 0 Å². The van der Waals surface area contributed by atoms with Crippen molar-refractivity contribution in [2.75, 3.05) is 0 Å². The second-order valence-corrected chi connectivity index (χ2v) is 23.4. The summed E-state index contributed by atoms with van der Waals surface area (Å²) in [6.07, 6.45) is 9.71. The van der Waals surface area contributed by atoms with E-state index in [4.69, 9.17) is 4.74 Å². The second-order valence-electron chi connectivity index (χ2n) is 10.2. The van der Waals surface area contributed by atoms with Crippen LogP contribution in [0.25, 0.3) is 0 Å². The summed E-state index contributed by atoms with van der Waals surface area (Å²) >= 11 is -2.82. The van der Waals surface area contributed by atoms with Crippen molar-refractivity contribution in [2.24, 2.45) is 5.92 Å². The Labute approximate surface area is 190 Å². The molecule has 30 heavy (non-hydrogen) atoms. The quantitative estimate of drug-likeness (QED) is 0.247. The van der Waals surface area contributed by atoms with Gasteiger partial charge in [0.1, 0.15) is 0 Å². The van der Waals surface area contributed by atoms with Crippen molar-refractivity contribution in [3.8, 4) is 0 Å². The Kier molecular flexibility index (Phi) is 11.5. The molecule has 1 rings (SSSR count). The monoisotopic (exact) mass is 529 g/mol. The summed E-state index contributed by atoms with van der Waals surface area (Å²) in [5, 5.41) is 0. The standard InChI is InChI=1S/C13H20NO3.3C4H9.Sn/c1-6-9(2)10-7-8-11(15)14(10)12(16)17-13(3,4)5;3*1-3-4-2;/h8-10H,6H2,1-5H3;3*1,3-4H2,2H3;/t9?,10-;;;;/m1..../s1. The molecular formula is C25H47NO3Sn. The fraction of sp³-hybridized carbons (Fsp3) is 0.840. The Morgan fingerprint density at radius 2 is 1.50 bits per heavy atom. The van der Waals surface area contributed by atoms with Gasteiger partial charge in [0.25, 0.3) is 0 Å². The molecule has 0 spiro atoms. The van der Waals surface area contributed by atoms with Crippen molar-refractivity contribution in [3.05, 3.63) is 9.67 Å². The van der Waals surface area contributed by atoms with E-state index in [0.717, 1.165) is 6.42 Å². The molecule has 0 aromatic heterocycles. The first-order valence-electron chi connectivity index (χ1n) is 12.3. The molecule has 2 amide bonds. The number of unbranched alkanes of at least 4 members (excludes halogenated alkanes) is 3. The summed E-state index contributed by atoms with van der Waals surface area (Å²) in [5.74, 6) is 0.117. The van der Waals surface area contributed by atoms with Crippen molar-refractivity contribution in [1.82, 2.24) is 4.90 Å². The van der Waals surface area contributed by atoms with Crippen LogP contribution in [0.3, 0.4) is 0 Å². The number of ether oxygens (including phenoxy) is 1. The van der Waals surface area contributed by atoms with Crippen molar-refractivity contribution < 1.29 is 14.3 Å². The zero-order chi connectivity index (χ0) is 22.9.